The van der Waals surface area contributed by atoms with Crippen LogP contribution in [0.2, 0.25) is 0 Å². The minimum Gasteiger partial charge on any atom is -0.493 e. The Kier molecular flexibility index (Phi) is 6.81. The van der Waals surface area contributed by atoms with Crippen molar-refractivity contribution < 1.29 is 23.8 Å². The SMILES string of the molecule is COc1c(C)cccc1Oc1cccc(NC(=O)CNC(=O)OC(C)(C)C)n1. The van der Waals surface area contributed by atoms with Gasteiger partial charge in [0.2, 0.25) is 11.8 Å². The van der Waals surface area contributed by atoms with Crippen LogP contribution in [0.1, 0.15) is 26.3 Å². The highest BCUT2D eigenvalue weighted by Gasteiger charge is 2.17. The highest BCUT2D eigenvalue weighted by molar-refractivity contribution is 5.93. The van der Waals surface area contributed by atoms with Crippen molar-refractivity contribution in [2.24, 2.45) is 0 Å². The summed E-state index contributed by atoms with van der Waals surface area (Å²) >= 11 is 0. The van der Waals surface area contributed by atoms with Crippen LogP contribution < -0.4 is 20.1 Å². The van der Waals surface area contributed by atoms with Gasteiger partial charge in [0.05, 0.1) is 7.11 Å². The Morgan fingerprint density at radius 3 is 2.50 bits per heavy atom. The van der Waals surface area contributed by atoms with Crippen LogP contribution in [0, 0.1) is 6.92 Å². The first kappa shape index (κ1) is 21.0. The highest BCUT2D eigenvalue weighted by atomic mass is 16.6. The van der Waals surface area contributed by atoms with Crippen molar-refractivity contribution in [1.82, 2.24) is 10.3 Å². The van der Waals surface area contributed by atoms with Gasteiger partial charge in [0.25, 0.3) is 0 Å². The normalized spacial score (nSPS) is 10.8. The standard InChI is InChI=1S/C20H25N3O5/c1-13-8-6-9-14(18(13)26-5)27-17-11-7-10-15(23-17)22-16(24)12-21-19(25)28-20(2,3)4/h6-11H,12H2,1-5H3,(H,21,25)(H,22,23,24). The largest absolute Gasteiger partial charge is 0.493 e. The number of pyridine rings is 1. The number of para-hydroxylation sites is 1. The van der Waals surface area contributed by atoms with Crippen LogP contribution in [0.4, 0.5) is 10.6 Å². The topological polar surface area (TPSA) is 98.8 Å². The van der Waals surface area contributed by atoms with Crippen molar-refractivity contribution >= 4 is 17.8 Å². The van der Waals surface area contributed by atoms with E-state index in [1.165, 1.54) is 0 Å². The van der Waals surface area contributed by atoms with Gasteiger partial charge in [-0.3, -0.25) is 4.79 Å². The first-order valence-corrected chi connectivity index (χ1v) is 8.73. The maximum absolute atomic E-state index is 12.0. The second-order valence-electron chi connectivity index (χ2n) is 6.97. The second-order valence-corrected chi connectivity index (χ2v) is 6.97. The molecular weight excluding hydrogens is 362 g/mol. The first-order chi connectivity index (χ1) is 13.2. The number of hydrogen-bond donors (Lipinski definition) is 2. The van der Waals surface area contributed by atoms with E-state index < -0.39 is 17.6 Å². The fraction of sp³-hybridized carbons (Fsp3) is 0.350. The fourth-order valence-electron chi connectivity index (χ4n) is 2.28. The van der Waals surface area contributed by atoms with E-state index in [4.69, 9.17) is 14.2 Å². The summed E-state index contributed by atoms with van der Waals surface area (Å²) in [6.45, 7) is 6.89. The van der Waals surface area contributed by atoms with Gasteiger partial charge >= 0.3 is 6.09 Å². The van der Waals surface area contributed by atoms with Crippen LogP contribution in [-0.2, 0) is 9.53 Å². The van der Waals surface area contributed by atoms with Gasteiger partial charge in [-0.15, -0.1) is 0 Å². The number of methoxy groups -OCH3 is 1. The molecule has 1 heterocycles. The molecule has 2 N–H and O–H groups in total. The lowest BCUT2D eigenvalue weighted by Gasteiger charge is -2.19. The minimum atomic E-state index is -0.667. The minimum absolute atomic E-state index is 0.243. The molecule has 0 atom stereocenters. The van der Waals surface area contributed by atoms with Crippen molar-refractivity contribution in [3.8, 4) is 17.4 Å². The number of benzene rings is 1. The molecule has 1 aromatic heterocycles. The average Bonchev–Trinajstić information content (AvgIpc) is 2.59. The quantitative estimate of drug-likeness (QED) is 0.785. The predicted octanol–water partition coefficient (Wildman–Crippen LogP) is 3.65. The van der Waals surface area contributed by atoms with Crippen LogP contribution in [-0.4, -0.2) is 36.2 Å². The van der Waals surface area contributed by atoms with E-state index in [2.05, 4.69) is 15.6 Å². The average molecular weight is 387 g/mol. The number of ether oxygens (including phenoxy) is 3. The molecule has 0 radical (unpaired) electrons. The number of rotatable bonds is 6. The second kappa shape index (κ2) is 9.07. The van der Waals surface area contributed by atoms with E-state index in [1.54, 1.807) is 52.1 Å². The number of carbonyl (C=O) groups is 2. The summed E-state index contributed by atoms with van der Waals surface area (Å²) in [7, 11) is 1.57. The van der Waals surface area contributed by atoms with Gasteiger partial charge in [-0.25, -0.2) is 4.79 Å². The molecule has 8 nitrogen and oxygen atoms in total. The summed E-state index contributed by atoms with van der Waals surface area (Å²) in [5, 5.41) is 4.98. The number of aromatic nitrogens is 1. The zero-order chi connectivity index (χ0) is 20.7. The Morgan fingerprint density at radius 2 is 1.82 bits per heavy atom. The Balaban J connectivity index is 1.97. The van der Waals surface area contributed by atoms with Crippen LogP contribution in [0.25, 0.3) is 0 Å². The molecule has 8 heteroatoms. The van der Waals surface area contributed by atoms with Crippen LogP contribution in [0.15, 0.2) is 36.4 Å². The number of alkyl carbamates (subject to hydrolysis) is 1. The molecule has 0 aliphatic heterocycles. The van der Waals surface area contributed by atoms with Gasteiger partial charge in [0.15, 0.2) is 11.5 Å². The number of nitrogens with zero attached hydrogens (tertiary/aromatic N) is 1. The summed E-state index contributed by atoms with van der Waals surface area (Å²) < 4.78 is 16.2. The monoisotopic (exact) mass is 387 g/mol. The molecule has 0 saturated carbocycles. The number of anilines is 1. The number of nitrogens with one attached hydrogen (secondary N) is 2. The van der Waals surface area contributed by atoms with Gasteiger partial charge in [0, 0.05) is 6.07 Å². The van der Waals surface area contributed by atoms with Crippen LogP contribution in [0.3, 0.4) is 0 Å². The van der Waals surface area contributed by atoms with E-state index in [9.17, 15) is 9.59 Å². The number of aryl methyl sites for hydroxylation is 1. The Morgan fingerprint density at radius 1 is 1.11 bits per heavy atom. The zero-order valence-electron chi connectivity index (χ0n) is 16.7. The molecule has 28 heavy (non-hydrogen) atoms. The fourth-order valence-corrected chi connectivity index (χ4v) is 2.28. The van der Waals surface area contributed by atoms with Gasteiger partial charge in [-0.05, 0) is 45.4 Å². The van der Waals surface area contributed by atoms with Gasteiger partial charge in [-0.2, -0.15) is 4.98 Å². The van der Waals surface area contributed by atoms with Crippen molar-refractivity contribution in [1.29, 1.82) is 0 Å². The molecule has 150 valence electrons. The number of carbonyl (C=O) groups excluding carboxylic acids is 2. The molecule has 1 aromatic carbocycles. The molecule has 2 amide bonds. The van der Waals surface area contributed by atoms with Crippen LogP contribution >= 0.6 is 0 Å². The van der Waals surface area contributed by atoms with E-state index >= 15 is 0 Å². The van der Waals surface area contributed by atoms with Gasteiger partial charge < -0.3 is 24.8 Å². The molecule has 0 aliphatic carbocycles. The highest BCUT2D eigenvalue weighted by Crippen LogP contribution is 2.33. The summed E-state index contributed by atoms with van der Waals surface area (Å²) in [6.07, 6.45) is -0.667. The Hall–Kier alpha value is -3.29. The lowest BCUT2D eigenvalue weighted by molar-refractivity contribution is -0.115. The molecular formula is C20H25N3O5. The van der Waals surface area contributed by atoms with Crippen molar-refractivity contribution in [3.63, 3.8) is 0 Å². The molecule has 0 spiro atoms. The van der Waals surface area contributed by atoms with Crippen LogP contribution in [0.5, 0.6) is 17.4 Å². The Labute approximate surface area is 164 Å². The lowest BCUT2D eigenvalue weighted by Crippen LogP contribution is -2.37. The number of hydrogen-bond acceptors (Lipinski definition) is 6. The summed E-state index contributed by atoms with van der Waals surface area (Å²) in [5.74, 6) is 1.27. The summed E-state index contributed by atoms with van der Waals surface area (Å²) in [6, 6.07) is 10.5. The molecule has 0 aliphatic rings. The summed E-state index contributed by atoms with van der Waals surface area (Å²) in [5.41, 5.74) is 0.294. The maximum Gasteiger partial charge on any atom is 0.408 e. The van der Waals surface area contributed by atoms with Gasteiger partial charge in [-0.1, -0.05) is 18.2 Å². The molecule has 0 saturated heterocycles. The zero-order valence-corrected chi connectivity index (χ0v) is 16.7. The molecule has 2 aromatic rings. The van der Waals surface area contributed by atoms with Crippen molar-refractivity contribution in [3.05, 3.63) is 42.0 Å². The number of amides is 2. The lowest BCUT2D eigenvalue weighted by atomic mass is 10.2. The maximum atomic E-state index is 12.0. The third-order valence-electron chi connectivity index (χ3n) is 3.38. The molecule has 0 fully saturated rings. The molecule has 0 bridgehead atoms. The first-order valence-electron chi connectivity index (χ1n) is 8.73. The molecule has 0 unspecified atom stereocenters. The van der Waals surface area contributed by atoms with Crippen molar-refractivity contribution in [2.75, 3.05) is 19.0 Å². The third kappa shape index (κ3) is 6.46. The molecule has 2 rings (SSSR count). The van der Waals surface area contributed by atoms with E-state index in [-0.39, 0.29) is 6.54 Å². The van der Waals surface area contributed by atoms with Gasteiger partial charge in [0.1, 0.15) is 18.0 Å². The van der Waals surface area contributed by atoms with Crippen molar-refractivity contribution in [2.45, 2.75) is 33.3 Å². The van der Waals surface area contributed by atoms with E-state index in [0.29, 0.717) is 23.2 Å². The predicted molar refractivity (Wildman–Crippen MR) is 105 cm³/mol. The summed E-state index contributed by atoms with van der Waals surface area (Å²) in [4.78, 5) is 27.9. The third-order valence-corrected chi connectivity index (χ3v) is 3.38. The van der Waals surface area contributed by atoms with E-state index in [1.807, 2.05) is 19.1 Å². The smallest absolute Gasteiger partial charge is 0.408 e. The Bertz CT molecular complexity index is 846. The van der Waals surface area contributed by atoms with E-state index in [0.717, 1.165) is 5.56 Å².